The fourth-order valence-corrected chi connectivity index (χ4v) is 10.4. The maximum atomic E-state index is 7.06. The largest absolute Gasteiger partial charge is 0.454 e. The molecule has 2 heteroatoms. The zero-order chi connectivity index (χ0) is 34.9. The molecule has 248 valence electrons. The quantitative estimate of drug-likeness (QED) is 0.202. The second-order valence-electron chi connectivity index (χ2n) is 15.0. The Morgan fingerprint density at radius 3 is 1.38 bits per heavy atom. The molecule has 1 heterocycles. The lowest BCUT2D eigenvalue weighted by Gasteiger charge is -2.30. The first-order valence-electron chi connectivity index (χ1n) is 18.5. The minimum Gasteiger partial charge on any atom is -0.454 e. The average Bonchev–Trinajstić information content (AvgIpc) is 3.92. The molecule has 9 aromatic rings. The van der Waals surface area contributed by atoms with Crippen LogP contribution in [0.1, 0.15) is 45.9 Å². The fourth-order valence-electron chi connectivity index (χ4n) is 10.4. The third-order valence-electron chi connectivity index (χ3n) is 12.6. The number of hydrogen-bond acceptors (Lipinski definition) is 2. The van der Waals surface area contributed by atoms with Crippen LogP contribution >= 0.6 is 0 Å². The van der Waals surface area contributed by atoms with Gasteiger partial charge in [0.25, 0.3) is 0 Å². The predicted octanol–water partition coefficient (Wildman–Crippen LogP) is 13.0. The summed E-state index contributed by atoms with van der Waals surface area (Å²) in [4.78, 5) is 0. The lowest BCUT2D eigenvalue weighted by molar-refractivity contribution is 0.638. The topological polar surface area (TPSA) is 25.2 Å². The highest BCUT2D eigenvalue weighted by Crippen LogP contribution is 2.63. The molecule has 3 aliphatic rings. The Kier molecular flexibility index (Phi) is 5.60. The van der Waals surface area contributed by atoms with Crippen molar-refractivity contribution in [1.29, 1.82) is 0 Å². The summed E-state index contributed by atoms with van der Waals surface area (Å²) in [5.74, 6) is 0. The first-order valence-corrected chi connectivity index (χ1v) is 18.5. The Hall–Kier alpha value is -6.64. The highest BCUT2D eigenvalue weighted by Gasteiger charge is 2.51. The first-order chi connectivity index (χ1) is 26.2. The molecule has 0 fully saturated rings. The van der Waals surface area contributed by atoms with E-state index in [9.17, 15) is 0 Å². The Morgan fingerprint density at radius 2 is 0.811 bits per heavy atom. The van der Waals surface area contributed by atoms with E-state index < -0.39 is 0 Å². The van der Waals surface area contributed by atoms with Crippen molar-refractivity contribution in [3.63, 3.8) is 0 Å². The summed E-state index contributed by atoms with van der Waals surface area (Å²) >= 11 is 0. The van der Waals surface area contributed by atoms with Crippen LogP contribution in [-0.4, -0.2) is 0 Å². The number of furan rings is 1. The summed E-state index contributed by atoms with van der Waals surface area (Å²) in [5, 5.41) is 6.10. The second-order valence-corrected chi connectivity index (χ2v) is 15.0. The van der Waals surface area contributed by atoms with Crippen molar-refractivity contribution in [3.05, 3.63) is 215 Å². The van der Waals surface area contributed by atoms with Gasteiger partial charge in [0.2, 0.25) is 0 Å². The Balaban J connectivity index is 1.04. The van der Waals surface area contributed by atoms with Crippen molar-refractivity contribution in [2.75, 3.05) is 5.32 Å². The van der Waals surface area contributed by atoms with Gasteiger partial charge in [-0.25, -0.2) is 0 Å². The van der Waals surface area contributed by atoms with Crippen molar-refractivity contribution in [3.8, 4) is 33.4 Å². The van der Waals surface area contributed by atoms with Crippen LogP contribution in [0, 0.1) is 0 Å². The summed E-state index contributed by atoms with van der Waals surface area (Å²) in [7, 11) is 0. The molecular weight excluding hydrogens is 643 g/mol. The number of rotatable bonds is 3. The van der Waals surface area contributed by atoms with Crippen LogP contribution in [0.5, 0.6) is 0 Å². The smallest absolute Gasteiger partial charge is 0.158 e. The van der Waals surface area contributed by atoms with Gasteiger partial charge >= 0.3 is 0 Å². The molecule has 1 spiro atoms. The third-order valence-corrected chi connectivity index (χ3v) is 12.6. The average molecular weight is 676 g/mol. The van der Waals surface area contributed by atoms with Crippen LogP contribution in [0.4, 0.5) is 11.4 Å². The molecule has 1 N–H and O–H groups in total. The first kappa shape index (κ1) is 29.0. The molecule has 0 atom stereocenters. The molecule has 0 radical (unpaired) electrons. The Bertz CT molecular complexity index is 2910. The predicted molar refractivity (Wildman–Crippen MR) is 217 cm³/mol. The van der Waals surface area contributed by atoms with Crippen molar-refractivity contribution < 1.29 is 4.42 Å². The molecular formula is C51H33NO. The van der Waals surface area contributed by atoms with E-state index in [1.165, 1.54) is 72.3 Å². The van der Waals surface area contributed by atoms with E-state index in [0.717, 1.165) is 33.3 Å². The molecule has 0 saturated heterocycles. The van der Waals surface area contributed by atoms with Gasteiger partial charge in [0, 0.05) is 27.4 Å². The van der Waals surface area contributed by atoms with Gasteiger partial charge in [-0.15, -0.1) is 0 Å². The van der Waals surface area contributed by atoms with Crippen LogP contribution in [0.25, 0.3) is 55.3 Å². The SMILES string of the molecule is CC1(c2cccc3c2oc2c(Nc4ccc5c(c4)C4(c6ccccc6-c6ccccc64)c4ccccc4-5)cccc23)c2ccccc2-c2ccccc21. The highest BCUT2D eigenvalue weighted by atomic mass is 16.3. The number of para-hydroxylation sites is 2. The zero-order valence-corrected chi connectivity index (χ0v) is 29.2. The molecule has 1 aromatic heterocycles. The van der Waals surface area contributed by atoms with E-state index in [0.29, 0.717) is 0 Å². The minimum atomic E-state index is -0.389. The molecule has 0 amide bonds. The molecule has 0 aliphatic heterocycles. The van der Waals surface area contributed by atoms with Gasteiger partial charge in [0.05, 0.1) is 11.1 Å². The molecule has 0 bridgehead atoms. The lowest BCUT2D eigenvalue weighted by Crippen LogP contribution is -2.25. The van der Waals surface area contributed by atoms with Crippen LogP contribution in [0.15, 0.2) is 180 Å². The van der Waals surface area contributed by atoms with Crippen molar-refractivity contribution in [2.24, 2.45) is 0 Å². The van der Waals surface area contributed by atoms with Crippen LogP contribution < -0.4 is 5.32 Å². The summed E-state index contributed by atoms with van der Waals surface area (Å²) in [5.41, 5.74) is 20.0. The molecule has 8 aromatic carbocycles. The molecule has 12 rings (SSSR count). The molecule has 0 unspecified atom stereocenters. The standard InChI is InChI=1S/C51H33NO/c1-50(40-21-7-2-14-32(40)33-15-3-8-22-41(33)50)45-26-12-19-38-39-20-13-27-47(49(39)53-48(38)45)52-31-28-29-37-36-18-6-11-25-44(36)51(46(37)30-31)42-23-9-4-16-34(42)35-17-5-10-24-43(35)51/h2-30,52H,1H3. The van der Waals surface area contributed by atoms with Crippen molar-refractivity contribution >= 4 is 33.3 Å². The van der Waals surface area contributed by atoms with Crippen LogP contribution in [0.3, 0.4) is 0 Å². The number of anilines is 2. The number of nitrogens with one attached hydrogen (secondary N) is 1. The maximum Gasteiger partial charge on any atom is 0.158 e. The number of fused-ring (bicyclic) bond motifs is 16. The Labute approximate surface area is 308 Å². The third kappa shape index (κ3) is 3.53. The highest BCUT2D eigenvalue weighted by molar-refractivity contribution is 6.11. The van der Waals surface area contributed by atoms with Crippen LogP contribution in [-0.2, 0) is 10.8 Å². The van der Waals surface area contributed by atoms with E-state index in [2.05, 4.69) is 188 Å². The monoisotopic (exact) mass is 675 g/mol. The van der Waals surface area contributed by atoms with E-state index in [4.69, 9.17) is 4.42 Å². The van der Waals surface area contributed by atoms with Crippen molar-refractivity contribution in [2.45, 2.75) is 17.8 Å². The second kappa shape index (κ2) is 10.2. The van der Waals surface area contributed by atoms with Gasteiger partial charge in [-0.2, -0.15) is 0 Å². The van der Waals surface area contributed by atoms with Crippen LogP contribution in [0.2, 0.25) is 0 Å². The Morgan fingerprint density at radius 1 is 0.377 bits per heavy atom. The van der Waals surface area contributed by atoms with E-state index in [1.807, 2.05) is 0 Å². The van der Waals surface area contributed by atoms with E-state index in [1.54, 1.807) is 0 Å². The van der Waals surface area contributed by atoms with Gasteiger partial charge in [-0.3, -0.25) is 0 Å². The molecule has 2 nitrogen and oxygen atoms in total. The van der Waals surface area contributed by atoms with Gasteiger partial charge in [-0.1, -0.05) is 158 Å². The molecule has 53 heavy (non-hydrogen) atoms. The fraction of sp³-hybridized carbons (Fsp3) is 0.0588. The lowest BCUT2D eigenvalue weighted by atomic mass is 9.70. The van der Waals surface area contributed by atoms with Gasteiger partial charge in [0.15, 0.2) is 5.58 Å². The molecule has 3 aliphatic carbocycles. The summed E-state index contributed by atoms with van der Waals surface area (Å²) in [6.07, 6.45) is 0. The number of hydrogen-bond donors (Lipinski definition) is 1. The van der Waals surface area contributed by atoms with Gasteiger partial charge in [-0.05, 0) is 91.9 Å². The van der Waals surface area contributed by atoms with Crippen molar-refractivity contribution in [1.82, 2.24) is 0 Å². The van der Waals surface area contributed by atoms with E-state index >= 15 is 0 Å². The minimum absolute atomic E-state index is 0.356. The number of benzene rings is 8. The zero-order valence-electron chi connectivity index (χ0n) is 29.2. The summed E-state index contributed by atoms with van der Waals surface area (Å²) in [6.45, 7) is 2.36. The summed E-state index contributed by atoms with van der Waals surface area (Å²) < 4.78 is 7.06. The van der Waals surface area contributed by atoms with Gasteiger partial charge in [0.1, 0.15) is 5.58 Å². The molecule has 0 saturated carbocycles. The van der Waals surface area contributed by atoms with E-state index in [-0.39, 0.29) is 10.8 Å². The maximum absolute atomic E-state index is 7.06. The normalized spacial score (nSPS) is 14.8. The van der Waals surface area contributed by atoms with Gasteiger partial charge < -0.3 is 9.73 Å². The summed E-state index contributed by atoms with van der Waals surface area (Å²) in [6, 6.07) is 64.6.